The van der Waals surface area contributed by atoms with Crippen molar-refractivity contribution >= 4 is 23.4 Å². The SMILES string of the molecule is CN(C)c1ncc(C#Cc2cnc3c(n2)N(Cc2c(F)ccc(F)c2Cl)CCC3)cn1. The predicted molar refractivity (Wildman–Crippen MR) is 115 cm³/mol. The molecule has 0 saturated carbocycles. The number of halogens is 3. The number of aromatic nitrogens is 4. The van der Waals surface area contributed by atoms with Crippen LogP contribution in [0.5, 0.6) is 0 Å². The van der Waals surface area contributed by atoms with E-state index in [0.717, 1.165) is 30.7 Å². The smallest absolute Gasteiger partial charge is 0.224 e. The molecule has 3 heterocycles. The van der Waals surface area contributed by atoms with E-state index in [9.17, 15) is 8.78 Å². The van der Waals surface area contributed by atoms with Crippen molar-refractivity contribution in [2.75, 3.05) is 30.4 Å². The summed E-state index contributed by atoms with van der Waals surface area (Å²) in [7, 11) is 3.72. The second kappa shape index (κ2) is 8.82. The summed E-state index contributed by atoms with van der Waals surface area (Å²) in [5.41, 5.74) is 2.01. The Morgan fingerprint density at radius 1 is 1.06 bits per heavy atom. The van der Waals surface area contributed by atoms with E-state index in [1.165, 1.54) is 0 Å². The zero-order valence-corrected chi connectivity index (χ0v) is 17.8. The Kier molecular flexibility index (Phi) is 5.96. The van der Waals surface area contributed by atoms with Gasteiger partial charge in [-0.3, -0.25) is 4.98 Å². The molecule has 0 atom stereocenters. The van der Waals surface area contributed by atoms with Gasteiger partial charge in [-0.15, -0.1) is 0 Å². The van der Waals surface area contributed by atoms with Crippen LogP contribution in [0.2, 0.25) is 5.02 Å². The molecule has 0 aliphatic carbocycles. The van der Waals surface area contributed by atoms with Crippen LogP contribution in [0.25, 0.3) is 0 Å². The first-order chi connectivity index (χ1) is 14.9. The van der Waals surface area contributed by atoms with E-state index >= 15 is 0 Å². The molecule has 158 valence electrons. The van der Waals surface area contributed by atoms with Gasteiger partial charge < -0.3 is 9.80 Å². The van der Waals surface area contributed by atoms with Gasteiger partial charge in [-0.1, -0.05) is 17.5 Å². The zero-order valence-electron chi connectivity index (χ0n) is 17.0. The molecule has 2 aromatic heterocycles. The van der Waals surface area contributed by atoms with Gasteiger partial charge >= 0.3 is 0 Å². The molecular formula is C22H19ClF2N6. The Morgan fingerprint density at radius 3 is 2.55 bits per heavy atom. The Morgan fingerprint density at radius 2 is 1.81 bits per heavy atom. The van der Waals surface area contributed by atoms with Gasteiger partial charge in [0.2, 0.25) is 5.95 Å². The molecule has 6 nitrogen and oxygen atoms in total. The van der Waals surface area contributed by atoms with Gasteiger partial charge in [0.25, 0.3) is 0 Å². The van der Waals surface area contributed by atoms with Crippen LogP contribution in [0.1, 0.15) is 28.9 Å². The van der Waals surface area contributed by atoms with Crippen molar-refractivity contribution in [2.24, 2.45) is 0 Å². The number of benzene rings is 1. The number of hydrogen-bond donors (Lipinski definition) is 0. The lowest BCUT2D eigenvalue weighted by molar-refractivity contribution is 0.574. The summed E-state index contributed by atoms with van der Waals surface area (Å²) < 4.78 is 28.1. The third-order valence-corrected chi connectivity index (χ3v) is 5.24. The van der Waals surface area contributed by atoms with Crippen LogP contribution in [0, 0.1) is 23.5 Å². The van der Waals surface area contributed by atoms with E-state index in [2.05, 4.69) is 31.8 Å². The van der Waals surface area contributed by atoms with Crippen molar-refractivity contribution in [3.8, 4) is 11.8 Å². The quantitative estimate of drug-likeness (QED) is 0.458. The molecule has 9 heteroatoms. The van der Waals surface area contributed by atoms with Crippen LogP contribution in [0.15, 0.2) is 30.7 Å². The third kappa shape index (κ3) is 4.57. The molecule has 0 N–H and O–H groups in total. The molecule has 0 bridgehead atoms. The molecule has 3 aromatic rings. The van der Waals surface area contributed by atoms with Crippen LogP contribution in [-0.2, 0) is 13.0 Å². The standard InChI is InChI=1S/C22H19ClF2N6/c1-30(2)22-27-10-14(11-28-22)5-6-15-12-26-19-4-3-9-31(21(19)29-15)13-16-17(24)7-8-18(25)20(16)23/h7-8,10-12H,3-4,9,13H2,1-2H3. The summed E-state index contributed by atoms with van der Waals surface area (Å²) in [5.74, 6) is 5.95. The van der Waals surface area contributed by atoms with Gasteiger partial charge in [-0.2, -0.15) is 0 Å². The van der Waals surface area contributed by atoms with Crippen molar-refractivity contribution in [2.45, 2.75) is 19.4 Å². The summed E-state index contributed by atoms with van der Waals surface area (Å²) in [6, 6.07) is 2.10. The van der Waals surface area contributed by atoms with Crippen LogP contribution < -0.4 is 9.80 Å². The fourth-order valence-corrected chi connectivity index (χ4v) is 3.46. The number of aryl methyl sites for hydroxylation is 1. The largest absolute Gasteiger partial charge is 0.351 e. The highest BCUT2D eigenvalue weighted by Crippen LogP contribution is 2.29. The third-order valence-electron chi connectivity index (χ3n) is 4.83. The maximum absolute atomic E-state index is 14.3. The van der Waals surface area contributed by atoms with Gasteiger partial charge in [0.15, 0.2) is 5.82 Å². The fraction of sp³-hybridized carbons (Fsp3) is 0.273. The first-order valence-electron chi connectivity index (χ1n) is 9.67. The normalized spacial score (nSPS) is 12.7. The number of nitrogens with zero attached hydrogens (tertiary/aromatic N) is 6. The molecule has 4 rings (SSSR count). The van der Waals surface area contributed by atoms with Gasteiger partial charge in [0, 0.05) is 45.1 Å². The summed E-state index contributed by atoms with van der Waals surface area (Å²) in [6.07, 6.45) is 6.48. The minimum atomic E-state index is -0.650. The molecule has 0 unspecified atom stereocenters. The molecule has 0 fully saturated rings. The second-order valence-electron chi connectivity index (χ2n) is 7.29. The van der Waals surface area contributed by atoms with E-state index in [-0.39, 0.29) is 17.1 Å². The average Bonchev–Trinajstić information content (AvgIpc) is 2.78. The van der Waals surface area contributed by atoms with Gasteiger partial charge in [-0.25, -0.2) is 23.7 Å². The lowest BCUT2D eigenvalue weighted by Gasteiger charge is -2.29. The summed E-state index contributed by atoms with van der Waals surface area (Å²) in [6.45, 7) is 0.728. The van der Waals surface area contributed by atoms with Crippen molar-refractivity contribution in [1.82, 2.24) is 19.9 Å². The van der Waals surface area contributed by atoms with Crippen molar-refractivity contribution in [3.05, 3.63) is 69.9 Å². The summed E-state index contributed by atoms with van der Waals surface area (Å²) in [5, 5.41) is -0.211. The fourth-order valence-electron chi connectivity index (χ4n) is 3.25. The van der Waals surface area contributed by atoms with E-state index in [1.54, 1.807) is 23.5 Å². The highest BCUT2D eigenvalue weighted by molar-refractivity contribution is 6.31. The highest BCUT2D eigenvalue weighted by Gasteiger charge is 2.23. The zero-order chi connectivity index (χ0) is 22.0. The Labute approximate surface area is 183 Å². The topological polar surface area (TPSA) is 58.0 Å². The van der Waals surface area contributed by atoms with Crippen LogP contribution in [-0.4, -0.2) is 40.6 Å². The van der Waals surface area contributed by atoms with Gasteiger partial charge in [0.1, 0.15) is 17.3 Å². The first kappa shape index (κ1) is 20.9. The monoisotopic (exact) mass is 440 g/mol. The van der Waals surface area contributed by atoms with Crippen molar-refractivity contribution < 1.29 is 8.78 Å². The van der Waals surface area contributed by atoms with Crippen molar-refractivity contribution in [1.29, 1.82) is 0 Å². The maximum atomic E-state index is 14.3. The van der Waals surface area contributed by atoms with E-state index in [0.29, 0.717) is 29.6 Å². The van der Waals surface area contributed by atoms with Crippen molar-refractivity contribution in [3.63, 3.8) is 0 Å². The Hall–Kier alpha value is -3.31. The number of hydrogen-bond acceptors (Lipinski definition) is 6. The Bertz CT molecular complexity index is 1170. The minimum absolute atomic E-state index is 0.0980. The molecule has 1 aliphatic rings. The average molecular weight is 441 g/mol. The van der Waals surface area contributed by atoms with Crippen LogP contribution in [0.4, 0.5) is 20.5 Å². The Balaban J connectivity index is 1.61. The van der Waals surface area contributed by atoms with Gasteiger partial charge in [0.05, 0.1) is 22.5 Å². The van der Waals surface area contributed by atoms with E-state index < -0.39 is 11.6 Å². The molecular weight excluding hydrogens is 422 g/mol. The number of anilines is 2. The summed E-state index contributed by atoms with van der Waals surface area (Å²) >= 11 is 6.01. The van der Waals surface area contributed by atoms with E-state index in [4.69, 9.17) is 11.6 Å². The molecule has 0 spiro atoms. The van der Waals surface area contributed by atoms with Gasteiger partial charge in [-0.05, 0) is 30.9 Å². The number of fused-ring (bicyclic) bond motifs is 1. The molecule has 0 saturated heterocycles. The molecule has 0 amide bonds. The lowest BCUT2D eigenvalue weighted by atomic mass is 10.1. The first-order valence-corrected chi connectivity index (χ1v) is 10.0. The second-order valence-corrected chi connectivity index (χ2v) is 7.67. The van der Waals surface area contributed by atoms with Crippen LogP contribution >= 0.6 is 11.6 Å². The van der Waals surface area contributed by atoms with Crippen LogP contribution in [0.3, 0.4) is 0 Å². The molecule has 31 heavy (non-hydrogen) atoms. The summed E-state index contributed by atoms with van der Waals surface area (Å²) in [4.78, 5) is 21.2. The predicted octanol–water partition coefficient (Wildman–Crippen LogP) is 3.62. The van der Waals surface area contributed by atoms with E-state index in [1.807, 2.05) is 19.0 Å². The highest BCUT2D eigenvalue weighted by atomic mass is 35.5. The number of rotatable bonds is 3. The molecule has 1 aromatic carbocycles. The molecule has 1 aliphatic heterocycles. The lowest BCUT2D eigenvalue weighted by Crippen LogP contribution is -2.31. The maximum Gasteiger partial charge on any atom is 0.224 e. The minimum Gasteiger partial charge on any atom is -0.351 e. The molecule has 0 radical (unpaired) electrons.